The molecule has 1 fully saturated rings. The number of carbonyl (C=O) groups is 1. The van der Waals surface area contributed by atoms with Crippen LogP contribution in [0.4, 0.5) is 13.2 Å². The van der Waals surface area contributed by atoms with E-state index in [0.717, 1.165) is 31.5 Å². The Kier molecular flexibility index (Phi) is 6.66. The highest BCUT2D eigenvalue weighted by Gasteiger charge is 2.39. The van der Waals surface area contributed by atoms with Crippen LogP contribution in [-0.2, 0) is 16.0 Å². The maximum Gasteiger partial charge on any atom is 0.573 e. The number of benzene rings is 1. The predicted molar refractivity (Wildman–Crippen MR) is 86.3 cm³/mol. The van der Waals surface area contributed by atoms with E-state index in [4.69, 9.17) is 4.74 Å². The molecule has 0 aromatic heterocycles. The molecule has 8 heteroatoms. The van der Waals surface area contributed by atoms with Gasteiger partial charge in [-0.1, -0.05) is 12.1 Å². The van der Waals surface area contributed by atoms with Gasteiger partial charge in [-0.2, -0.15) is 0 Å². The molecule has 5 nitrogen and oxygen atoms in total. The number of rotatable bonds is 7. The van der Waals surface area contributed by atoms with Gasteiger partial charge in [-0.3, -0.25) is 4.79 Å². The summed E-state index contributed by atoms with van der Waals surface area (Å²) >= 11 is 0. The minimum absolute atomic E-state index is 0.0344. The number of alkyl halides is 3. The van der Waals surface area contributed by atoms with E-state index in [2.05, 4.69) is 15.4 Å². The number of methoxy groups -OCH3 is 1. The van der Waals surface area contributed by atoms with Crippen molar-refractivity contribution in [1.29, 1.82) is 0 Å². The molecule has 2 rings (SSSR count). The van der Waals surface area contributed by atoms with Gasteiger partial charge in [0.15, 0.2) is 0 Å². The number of nitrogens with one attached hydrogen (secondary N) is 2. The highest BCUT2D eigenvalue weighted by molar-refractivity contribution is 5.83. The highest BCUT2D eigenvalue weighted by Crippen LogP contribution is 2.29. The first-order valence-electron chi connectivity index (χ1n) is 8.17. The van der Waals surface area contributed by atoms with E-state index in [1.165, 1.54) is 12.1 Å². The van der Waals surface area contributed by atoms with Crippen molar-refractivity contribution in [3.63, 3.8) is 0 Å². The second-order valence-electron chi connectivity index (χ2n) is 6.16. The average Bonchev–Trinajstić information content (AvgIpc) is 2.56. The van der Waals surface area contributed by atoms with Gasteiger partial charge in [0, 0.05) is 13.7 Å². The lowest BCUT2D eigenvalue weighted by molar-refractivity contribution is -0.274. The van der Waals surface area contributed by atoms with E-state index in [1.807, 2.05) is 0 Å². The number of amides is 1. The summed E-state index contributed by atoms with van der Waals surface area (Å²) in [5, 5.41) is 6.15. The third-order valence-corrected chi connectivity index (χ3v) is 4.32. The number of halogens is 3. The summed E-state index contributed by atoms with van der Waals surface area (Å²) in [7, 11) is 1.58. The Balaban J connectivity index is 1.84. The van der Waals surface area contributed by atoms with Crippen molar-refractivity contribution in [2.75, 3.05) is 33.4 Å². The van der Waals surface area contributed by atoms with E-state index < -0.39 is 11.8 Å². The fourth-order valence-electron chi connectivity index (χ4n) is 2.98. The summed E-state index contributed by atoms with van der Waals surface area (Å²) < 4.78 is 45.4. The van der Waals surface area contributed by atoms with Gasteiger partial charge in [0.05, 0.1) is 12.0 Å². The molecule has 1 saturated heterocycles. The van der Waals surface area contributed by atoms with Crippen LogP contribution < -0.4 is 15.4 Å². The minimum Gasteiger partial charge on any atom is -0.406 e. The quantitative estimate of drug-likeness (QED) is 0.783. The molecule has 0 spiro atoms. The molecule has 0 bridgehead atoms. The van der Waals surface area contributed by atoms with Gasteiger partial charge in [0.2, 0.25) is 5.91 Å². The van der Waals surface area contributed by atoms with E-state index in [9.17, 15) is 18.0 Å². The van der Waals surface area contributed by atoms with Crippen molar-refractivity contribution < 1.29 is 27.4 Å². The van der Waals surface area contributed by atoms with Crippen molar-refractivity contribution in [2.24, 2.45) is 5.41 Å². The van der Waals surface area contributed by atoms with Crippen LogP contribution in [0, 0.1) is 5.41 Å². The molecule has 25 heavy (non-hydrogen) atoms. The van der Waals surface area contributed by atoms with E-state index in [1.54, 1.807) is 19.2 Å². The Labute approximate surface area is 144 Å². The lowest BCUT2D eigenvalue weighted by Crippen LogP contribution is -2.50. The molecule has 1 aliphatic rings. The molecule has 140 valence electrons. The maximum absolute atomic E-state index is 12.5. The molecule has 0 atom stereocenters. The summed E-state index contributed by atoms with van der Waals surface area (Å²) in [5.41, 5.74) is 0.311. The zero-order valence-corrected chi connectivity index (χ0v) is 14.1. The van der Waals surface area contributed by atoms with Crippen molar-refractivity contribution in [1.82, 2.24) is 10.6 Å². The average molecular weight is 360 g/mol. The molecule has 1 aromatic rings. The monoisotopic (exact) mass is 360 g/mol. The van der Waals surface area contributed by atoms with Crippen molar-refractivity contribution in [3.05, 3.63) is 29.8 Å². The zero-order valence-electron chi connectivity index (χ0n) is 14.1. The van der Waals surface area contributed by atoms with Crippen LogP contribution in [0.5, 0.6) is 5.75 Å². The van der Waals surface area contributed by atoms with Crippen LogP contribution >= 0.6 is 0 Å². The van der Waals surface area contributed by atoms with E-state index in [0.29, 0.717) is 19.6 Å². The molecule has 0 aliphatic carbocycles. The molecule has 2 N–H and O–H groups in total. The normalized spacial score (nSPS) is 17.1. The Morgan fingerprint density at radius 2 is 1.88 bits per heavy atom. The minimum atomic E-state index is -4.69. The zero-order chi connectivity index (χ0) is 18.3. The third-order valence-electron chi connectivity index (χ3n) is 4.32. The summed E-state index contributed by atoms with van der Waals surface area (Å²) in [4.78, 5) is 12.5. The Morgan fingerprint density at radius 3 is 2.44 bits per heavy atom. The highest BCUT2D eigenvalue weighted by atomic mass is 19.4. The maximum atomic E-state index is 12.5. The first-order chi connectivity index (χ1) is 11.8. The van der Waals surface area contributed by atoms with Crippen molar-refractivity contribution in [3.8, 4) is 5.75 Å². The predicted octanol–water partition coefficient (Wildman–Crippen LogP) is 2.26. The Bertz CT molecular complexity index is 550. The van der Waals surface area contributed by atoms with Gasteiger partial charge in [0.1, 0.15) is 5.75 Å². The SMILES string of the molecule is COCC1(C(=O)NCCc2ccc(OC(F)(F)F)cc2)CCNCC1. The Morgan fingerprint density at radius 1 is 1.24 bits per heavy atom. The van der Waals surface area contributed by atoms with Gasteiger partial charge in [-0.15, -0.1) is 13.2 Å². The first kappa shape index (κ1) is 19.5. The molecule has 1 aliphatic heterocycles. The molecule has 1 amide bonds. The molecular weight excluding hydrogens is 337 g/mol. The Hall–Kier alpha value is -1.80. The molecular formula is C17H23F3N2O3. The van der Waals surface area contributed by atoms with Crippen LogP contribution in [-0.4, -0.2) is 45.6 Å². The van der Waals surface area contributed by atoms with Crippen molar-refractivity contribution in [2.45, 2.75) is 25.6 Å². The summed E-state index contributed by atoms with van der Waals surface area (Å²) in [5.74, 6) is -0.290. The number of carbonyl (C=O) groups excluding carboxylic acids is 1. The standard InChI is InChI=1S/C17H23F3N2O3/c1-24-12-16(7-10-21-11-8-16)15(23)22-9-6-13-2-4-14(5-3-13)25-17(18,19)20/h2-5,21H,6-12H2,1H3,(H,22,23). The van der Waals surface area contributed by atoms with Crippen LogP contribution in [0.1, 0.15) is 18.4 Å². The lowest BCUT2D eigenvalue weighted by atomic mass is 9.78. The van der Waals surface area contributed by atoms with Gasteiger partial charge in [-0.05, 0) is 50.0 Å². The smallest absolute Gasteiger partial charge is 0.406 e. The number of piperidine rings is 1. The first-order valence-corrected chi connectivity index (χ1v) is 8.17. The molecule has 1 heterocycles. The lowest BCUT2D eigenvalue weighted by Gasteiger charge is -2.35. The second-order valence-corrected chi connectivity index (χ2v) is 6.16. The molecule has 0 saturated carbocycles. The molecule has 0 unspecified atom stereocenters. The fraction of sp³-hybridized carbons (Fsp3) is 0.588. The van der Waals surface area contributed by atoms with Gasteiger partial charge in [0.25, 0.3) is 0 Å². The molecule has 0 radical (unpaired) electrons. The largest absolute Gasteiger partial charge is 0.573 e. The van der Waals surface area contributed by atoms with Gasteiger partial charge >= 0.3 is 6.36 Å². The van der Waals surface area contributed by atoms with E-state index >= 15 is 0 Å². The van der Waals surface area contributed by atoms with Crippen molar-refractivity contribution >= 4 is 5.91 Å². The molecule has 1 aromatic carbocycles. The summed E-state index contributed by atoms with van der Waals surface area (Å²) in [6.45, 7) is 2.34. The summed E-state index contributed by atoms with van der Waals surface area (Å²) in [6, 6.07) is 5.65. The van der Waals surface area contributed by atoms with Crippen LogP contribution in [0.15, 0.2) is 24.3 Å². The second kappa shape index (κ2) is 8.53. The summed E-state index contributed by atoms with van der Waals surface area (Å²) in [6.07, 6.45) is -2.73. The van der Waals surface area contributed by atoms with Crippen LogP contribution in [0.3, 0.4) is 0 Å². The van der Waals surface area contributed by atoms with Crippen LogP contribution in [0.2, 0.25) is 0 Å². The van der Waals surface area contributed by atoms with Gasteiger partial charge < -0.3 is 20.1 Å². The number of hydrogen-bond acceptors (Lipinski definition) is 4. The number of ether oxygens (including phenoxy) is 2. The van der Waals surface area contributed by atoms with Gasteiger partial charge in [-0.25, -0.2) is 0 Å². The van der Waals surface area contributed by atoms with E-state index in [-0.39, 0.29) is 11.7 Å². The number of hydrogen-bond donors (Lipinski definition) is 2. The fourth-order valence-corrected chi connectivity index (χ4v) is 2.98. The van der Waals surface area contributed by atoms with Crippen LogP contribution in [0.25, 0.3) is 0 Å². The topological polar surface area (TPSA) is 59.6 Å². The third kappa shape index (κ3) is 5.89.